The minimum absolute atomic E-state index is 0.0231. The Bertz CT molecular complexity index is 1540. The molecule has 1 atom stereocenters. The van der Waals surface area contributed by atoms with Crippen molar-refractivity contribution in [2.45, 2.75) is 43.3 Å². The van der Waals surface area contributed by atoms with E-state index in [0.29, 0.717) is 5.52 Å². The molecule has 1 aromatic heterocycles. The van der Waals surface area contributed by atoms with E-state index in [1.807, 2.05) is 48.5 Å². The number of aromatic nitrogens is 1. The van der Waals surface area contributed by atoms with E-state index in [2.05, 4.69) is 16.1 Å². The molecule has 180 valence electrons. The van der Waals surface area contributed by atoms with Gasteiger partial charge in [0.25, 0.3) is 0 Å². The lowest BCUT2D eigenvalue weighted by Crippen LogP contribution is -2.35. The van der Waals surface area contributed by atoms with Gasteiger partial charge in [-0.25, -0.2) is 17.9 Å². The van der Waals surface area contributed by atoms with Crippen LogP contribution in [0.25, 0.3) is 11.1 Å². The van der Waals surface area contributed by atoms with Crippen LogP contribution in [0.5, 0.6) is 0 Å². The van der Waals surface area contributed by atoms with E-state index >= 15 is 0 Å². The van der Waals surface area contributed by atoms with Gasteiger partial charge in [-0.15, -0.1) is 0 Å². The van der Waals surface area contributed by atoms with Crippen molar-refractivity contribution in [3.63, 3.8) is 0 Å². The number of sulfonamides is 1. The standard InChI is InChI=1S/C26H25N3O5S/c30-25(28-22-12-6-10-19-9-4-5-11-21(19)22)17-29-23-14-13-20(15-24(23)34-26(29)31)35(32,33)27-16-18-7-2-1-3-8-18/h1-5,7-9,11,13-15,22,27H,6,10,12,16-17H2,(H,28,30). The fraction of sp³-hybridized carbons (Fsp3) is 0.231. The fourth-order valence-corrected chi connectivity index (χ4v) is 5.54. The van der Waals surface area contributed by atoms with Crippen LogP contribution in [0.4, 0.5) is 0 Å². The zero-order chi connectivity index (χ0) is 24.4. The van der Waals surface area contributed by atoms with Gasteiger partial charge in [-0.05, 0) is 48.1 Å². The summed E-state index contributed by atoms with van der Waals surface area (Å²) in [6.07, 6.45) is 2.80. The number of carbonyl (C=O) groups excluding carboxylic acids is 1. The van der Waals surface area contributed by atoms with Crippen molar-refractivity contribution in [3.8, 4) is 0 Å². The quantitative estimate of drug-likeness (QED) is 0.412. The Balaban J connectivity index is 1.32. The van der Waals surface area contributed by atoms with E-state index in [9.17, 15) is 18.0 Å². The number of hydrogen-bond acceptors (Lipinski definition) is 5. The number of nitrogens with zero attached hydrogens (tertiary/aromatic N) is 1. The molecule has 0 saturated heterocycles. The van der Waals surface area contributed by atoms with E-state index in [4.69, 9.17) is 4.42 Å². The maximum Gasteiger partial charge on any atom is 0.420 e. The molecule has 0 radical (unpaired) electrons. The summed E-state index contributed by atoms with van der Waals surface area (Å²) in [7, 11) is -3.82. The van der Waals surface area contributed by atoms with Gasteiger partial charge in [0.1, 0.15) is 6.54 Å². The molecule has 0 spiro atoms. The molecule has 1 heterocycles. The van der Waals surface area contributed by atoms with Gasteiger partial charge in [0.15, 0.2) is 5.58 Å². The summed E-state index contributed by atoms with van der Waals surface area (Å²) in [6.45, 7) is -0.0838. The molecule has 8 nitrogen and oxygen atoms in total. The van der Waals surface area contributed by atoms with E-state index in [1.54, 1.807) is 0 Å². The lowest BCUT2D eigenvalue weighted by Gasteiger charge is -2.26. The summed E-state index contributed by atoms with van der Waals surface area (Å²) < 4.78 is 34.5. The molecule has 3 aromatic carbocycles. The number of carbonyl (C=O) groups is 1. The lowest BCUT2D eigenvalue weighted by atomic mass is 9.88. The number of fused-ring (bicyclic) bond motifs is 2. The summed E-state index contributed by atoms with van der Waals surface area (Å²) in [5.74, 6) is -1.02. The molecule has 1 amide bonds. The first kappa shape index (κ1) is 23.1. The number of oxazole rings is 1. The molecule has 1 aliphatic carbocycles. The van der Waals surface area contributed by atoms with E-state index < -0.39 is 15.8 Å². The Morgan fingerprint density at radius 2 is 1.80 bits per heavy atom. The minimum atomic E-state index is -3.82. The average Bonchev–Trinajstić information content (AvgIpc) is 3.17. The van der Waals surface area contributed by atoms with E-state index in [-0.39, 0.29) is 35.5 Å². The molecular weight excluding hydrogens is 466 g/mol. The predicted molar refractivity (Wildman–Crippen MR) is 131 cm³/mol. The number of nitrogens with one attached hydrogen (secondary N) is 2. The number of rotatable bonds is 7. The number of amides is 1. The maximum absolute atomic E-state index is 12.8. The summed E-state index contributed by atoms with van der Waals surface area (Å²) in [6, 6.07) is 21.3. The van der Waals surface area contributed by atoms with Gasteiger partial charge in [0, 0.05) is 12.6 Å². The zero-order valence-corrected chi connectivity index (χ0v) is 19.8. The molecule has 0 fully saturated rings. The first-order valence-corrected chi connectivity index (χ1v) is 12.9. The molecule has 4 aromatic rings. The third-order valence-electron chi connectivity index (χ3n) is 6.27. The molecule has 1 aliphatic rings. The van der Waals surface area contributed by atoms with Crippen molar-refractivity contribution < 1.29 is 17.6 Å². The SMILES string of the molecule is O=C(Cn1c(=O)oc2cc(S(=O)(=O)NCc3ccccc3)ccc21)NC1CCCc2ccccc21. The molecular formula is C26H25N3O5S. The summed E-state index contributed by atoms with van der Waals surface area (Å²) in [5, 5.41) is 3.03. The molecule has 0 bridgehead atoms. The van der Waals surface area contributed by atoms with Crippen LogP contribution in [0.3, 0.4) is 0 Å². The number of aryl methyl sites for hydroxylation is 1. The van der Waals surface area contributed by atoms with Crippen molar-refractivity contribution in [1.82, 2.24) is 14.6 Å². The van der Waals surface area contributed by atoms with Gasteiger partial charge in [0.05, 0.1) is 16.5 Å². The Labute approximate surface area is 202 Å². The van der Waals surface area contributed by atoms with Crippen LogP contribution in [-0.4, -0.2) is 18.9 Å². The van der Waals surface area contributed by atoms with Gasteiger partial charge >= 0.3 is 5.76 Å². The Morgan fingerprint density at radius 1 is 1.03 bits per heavy atom. The van der Waals surface area contributed by atoms with Crippen LogP contribution in [0, 0.1) is 0 Å². The molecule has 5 rings (SSSR count). The highest BCUT2D eigenvalue weighted by atomic mass is 32.2. The highest BCUT2D eigenvalue weighted by molar-refractivity contribution is 7.89. The van der Waals surface area contributed by atoms with Gasteiger partial charge < -0.3 is 9.73 Å². The fourth-order valence-electron chi connectivity index (χ4n) is 4.51. The third-order valence-corrected chi connectivity index (χ3v) is 7.66. The minimum Gasteiger partial charge on any atom is -0.408 e. The van der Waals surface area contributed by atoms with Gasteiger partial charge in [-0.2, -0.15) is 0 Å². The second kappa shape index (κ2) is 9.52. The van der Waals surface area contributed by atoms with Crippen molar-refractivity contribution in [2.24, 2.45) is 0 Å². The van der Waals surface area contributed by atoms with E-state index in [1.165, 1.54) is 28.3 Å². The molecule has 2 N–H and O–H groups in total. The highest BCUT2D eigenvalue weighted by Gasteiger charge is 2.23. The highest BCUT2D eigenvalue weighted by Crippen LogP contribution is 2.29. The zero-order valence-electron chi connectivity index (χ0n) is 18.9. The molecule has 1 unspecified atom stereocenters. The number of benzene rings is 3. The molecule has 0 aliphatic heterocycles. The van der Waals surface area contributed by atoms with Crippen molar-refractivity contribution in [2.75, 3.05) is 0 Å². The van der Waals surface area contributed by atoms with Crippen LogP contribution in [0.2, 0.25) is 0 Å². The first-order valence-electron chi connectivity index (χ1n) is 11.4. The van der Waals surface area contributed by atoms with Gasteiger partial charge in [0.2, 0.25) is 15.9 Å². The summed E-state index contributed by atoms with van der Waals surface area (Å²) in [5.41, 5.74) is 3.62. The van der Waals surface area contributed by atoms with Crippen LogP contribution in [0.15, 0.2) is 86.9 Å². The second-order valence-corrected chi connectivity index (χ2v) is 10.4. The topological polar surface area (TPSA) is 110 Å². The predicted octanol–water partition coefficient (Wildman–Crippen LogP) is 3.27. The van der Waals surface area contributed by atoms with Crippen molar-refractivity contribution >= 4 is 27.0 Å². The Morgan fingerprint density at radius 3 is 2.63 bits per heavy atom. The van der Waals surface area contributed by atoms with Crippen LogP contribution < -0.4 is 15.8 Å². The van der Waals surface area contributed by atoms with Crippen LogP contribution in [-0.2, 0) is 34.3 Å². The largest absolute Gasteiger partial charge is 0.420 e. The second-order valence-electron chi connectivity index (χ2n) is 8.60. The van der Waals surface area contributed by atoms with Gasteiger partial charge in [-0.1, -0.05) is 54.6 Å². The molecule has 35 heavy (non-hydrogen) atoms. The smallest absolute Gasteiger partial charge is 0.408 e. The lowest BCUT2D eigenvalue weighted by molar-refractivity contribution is -0.122. The van der Waals surface area contributed by atoms with E-state index in [0.717, 1.165) is 30.4 Å². The van der Waals surface area contributed by atoms with Gasteiger partial charge in [-0.3, -0.25) is 9.36 Å². The monoisotopic (exact) mass is 491 g/mol. The summed E-state index contributed by atoms with van der Waals surface area (Å²) >= 11 is 0. The Kier molecular flexibility index (Phi) is 6.27. The first-order chi connectivity index (χ1) is 16.9. The Hall–Kier alpha value is -3.69. The maximum atomic E-state index is 12.8. The van der Waals surface area contributed by atoms with Crippen molar-refractivity contribution in [3.05, 3.63) is 100 Å². The molecule has 0 saturated carbocycles. The van der Waals surface area contributed by atoms with Crippen molar-refractivity contribution in [1.29, 1.82) is 0 Å². The summed E-state index contributed by atoms with van der Waals surface area (Å²) in [4.78, 5) is 25.3. The van der Waals surface area contributed by atoms with Crippen LogP contribution >= 0.6 is 0 Å². The third kappa shape index (κ3) is 4.91. The average molecular weight is 492 g/mol. The van der Waals surface area contributed by atoms with Crippen LogP contribution in [0.1, 0.15) is 35.6 Å². The number of hydrogen-bond donors (Lipinski definition) is 2. The normalized spacial score (nSPS) is 15.6. The molecule has 9 heteroatoms.